The molecule has 0 radical (unpaired) electrons. The molecule has 1 aromatic rings. The highest BCUT2D eigenvalue weighted by Crippen LogP contribution is 2.17. The molecule has 0 bridgehead atoms. The minimum atomic E-state index is -3.41. The van der Waals surface area contributed by atoms with Crippen molar-refractivity contribution in [2.24, 2.45) is 5.92 Å². The van der Waals surface area contributed by atoms with Crippen LogP contribution in [0, 0.1) is 5.92 Å². The summed E-state index contributed by atoms with van der Waals surface area (Å²) in [6.45, 7) is 9.48. The third kappa shape index (κ3) is 4.89. The molecule has 20 heavy (non-hydrogen) atoms. The number of rotatable bonds is 8. The maximum atomic E-state index is 12.3. The fourth-order valence-corrected chi connectivity index (χ4v) is 3.07. The second-order valence-corrected chi connectivity index (χ2v) is 6.98. The van der Waals surface area contributed by atoms with Gasteiger partial charge in [-0.05, 0) is 37.1 Å². The molecule has 2 atom stereocenters. The Morgan fingerprint density at radius 2 is 1.90 bits per heavy atom. The van der Waals surface area contributed by atoms with E-state index < -0.39 is 10.0 Å². The van der Waals surface area contributed by atoms with Crippen LogP contribution in [0.1, 0.15) is 45.7 Å². The summed E-state index contributed by atoms with van der Waals surface area (Å²) in [6.07, 6.45) is 0.958. The van der Waals surface area contributed by atoms with Crippen LogP contribution in [0.15, 0.2) is 29.2 Å². The zero-order chi connectivity index (χ0) is 15.2. The lowest BCUT2D eigenvalue weighted by Crippen LogP contribution is -2.28. The maximum absolute atomic E-state index is 12.3. The first-order valence-corrected chi connectivity index (χ1v) is 8.72. The monoisotopic (exact) mass is 298 g/mol. The molecule has 0 saturated carbocycles. The Hall–Kier alpha value is -0.910. The van der Waals surface area contributed by atoms with Gasteiger partial charge in [0.05, 0.1) is 4.90 Å². The molecule has 1 rings (SSSR count). The molecule has 0 heterocycles. The summed E-state index contributed by atoms with van der Waals surface area (Å²) in [5, 5.41) is 3.28. The van der Waals surface area contributed by atoms with Crippen molar-refractivity contribution in [1.29, 1.82) is 0 Å². The summed E-state index contributed by atoms with van der Waals surface area (Å²) in [5.74, 6) is 0.341. The number of hydrogen-bond donors (Lipinski definition) is 2. The SMILES string of the molecule is CCNC(C)c1cccc(S(=O)(=O)NCC(C)CC)c1. The summed E-state index contributed by atoms with van der Waals surface area (Å²) in [4.78, 5) is 0.336. The zero-order valence-corrected chi connectivity index (χ0v) is 13.6. The van der Waals surface area contributed by atoms with Crippen molar-refractivity contribution in [2.45, 2.75) is 45.1 Å². The highest BCUT2D eigenvalue weighted by molar-refractivity contribution is 7.89. The fraction of sp³-hybridized carbons (Fsp3) is 0.600. The van der Waals surface area contributed by atoms with Crippen molar-refractivity contribution in [2.75, 3.05) is 13.1 Å². The van der Waals surface area contributed by atoms with Gasteiger partial charge in [-0.2, -0.15) is 0 Å². The van der Waals surface area contributed by atoms with Crippen LogP contribution in [0.3, 0.4) is 0 Å². The molecule has 114 valence electrons. The Kier molecular flexibility index (Phi) is 6.65. The first-order chi connectivity index (χ1) is 9.40. The standard InChI is InChI=1S/C15H26N2O2S/c1-5-12(3)11-17-20(18,19)15-9-7-8-14(10-15)13(4)16-6-2/h7-10,12-13,16-17H,5-6,11H2,1-4H3. The lowest BCUT2D eigenvalue weighted by molar-refractivity contribution is 0.528. The highest BCUT2D eigenvalue weighted by Gasteiger charge is 2.16. The molecule has 2 N–H and O–H groups in total. The second kappa shape index (κ2) is 7.76. The maximum Gasteiger partial charge on any atom is 0.240 e. The number of nitrogens with one attached hydrogen (secondary N) is 2. The summed E-state index contributed by atoms with van der Waals surface area (Å²) < 4.78 is 27.2. The number of sulfonamides is 1. The molecule has 0 aromatic heterocycles. The van der Waals surface area contributed by atoms with E-state index in [2.05, 4.69) is 17.0 Å². The molecule has 0 aliphatic carbocycles. The van der Waals surface area contributed by atoms with Gasteiger partial charge in [-0.25, -0.2) is 13.1 Å². The van der Waals surface area contributed by atoms with Crippen molar-refractivity contribution in [3.63, 3.8) is 0 Å². The lowest BCUT2D eigenvalue weighted by Gasteiger charge is -2.15. The molecule has 0 aliphatic heterocycles. The minimum absolute atomic E-state index is 0.143. The van der Waals surface area contributed by atoms with Crippen LogP contribution in [0.4, 0.5) is 0 Å². The molecule has 0 amide bonds. The Morgan fingerprint density at radius 1 is 1.20 bits per heavy atom. The van der Waals surface area contributed by atoms with Crippen molar-refractivity contribution < 1.29 is 8.42 Å². The van der Waals surface area contributed by atoms with Crippen LogP contribution < -0.4 is 10.0 Å². The van der Waals surface area contributed by atoms with E-state index in [1.807, 2.05) is 26.8 Å². The van der Waals surface area contributed by atoms with Gasteiger partial charge in [-0.1, -0.05) is 39.3 Å². The Morgan fingerprint density at radius 3 is 2.50 bits per heavy atom. The summed E-state index contributed by atoms with van der Waals surface area (Å²) >= 11 is 0. The molecule has 0 spiro atoms. The molecule has 4 nitrogen and oxygen atoms in total. The van der Waals surface area contributed by atoms with Crippen LogP contribution >= 0.6 is 0 Å². The largest absolute Gasteiger partial charge is 0.310 e. The van der Waals surface area contributed by atoms with E-state index in [1.54, 1.807) is 18.2 Å². The van der Waals surface area contributed by atoms with Gasteiger partial charge in [-0.3, -0.25) is 0 Å². The average Bonchev–Trinajstić information content (AvgIpc) is 2.45. The first kappa shape index (κ1) is 17.1. The van der Waals surface area contributed by atoms with Gasteiger partial charge in [0.2, 0.25) is 10.0 Å². The van der Waals surface area contributed by atoms with Gasteiger partial charge in [0.25, 0.3) is 0 Å². The first-order valence-electron chi connectivity index (χ1n) is 7.23. The minimum Gasteiger partial charge on any atom is -0.310 e. The zero-order valence-electron chi connectivity index (χ0n) is 12.8. The Labute approximate surface area is 123 Å². The smallest absolute Gasteiger partial charge is 0.240 e. The van der Waals surface area contributed by atoms with Crippen LogP contribution in [0.25, 0.3) is 0 Å². The normalized spacial score (nSPS) is 15.0. The van der Waals surface area contributed by atoms with Gasteiger partial charge < -0.3 is 5.32 Å². The Bertz CT molecular complexity index is 514. The highest BCUT2D eigenvalue weighted by atomic mass is 32.2. The van der Waals surface area contributed by atoms with E-state index in [0.717, 1.165) is 18.5 Å². The predicted octanol–water partition coefficient (Wildman–Crippen LogP) is 2.68. The topological polar surface area (TPSA) is 58.2 Å². The van der Waals surface area contributed by atoms with E-state index in [-0.39, 0.29) is 6.04 Å². The third-order valence-electron chi connectivity index (χ3n) is 3.50. The van der Waals surface area contributed by atoms with E-state index in [1.165, 1.54) is 0 Å². The van der Waals surface area contributed by atoms with Crippen LogP contribution in [-0.4, -0.2) is 21.5 Å². The average molecular weight is 298 g/mol. The molecular formula is C15H26N2O2S. The summed E-state index contributed by atoms with van der Waals surface area (Å²) in [7, 11) is -3.41. The molecule has 2 unspecified atom stereocenters. The molecule has 5 heteroatoms. The van der Waals surface area contributed by atoms with Gasteiger partial charge in [0, 0.05) is 12.6 Å². The van der Waals surface area contributed by atoms with E-state index in [9.17, 15) is 8.42 Å². The number of benzene rings is 1. The predicted molar refractivity (Wildman–Crippen MR) is 83.2 cm³/mol. The van der Waals surface area contributed by atoms with Crippen molar-refractivity contribution in [3.05, 3.63) is 29.8 Å². The quantitative estimate of drug-likeness (QED) is 0.776. The number of hydrogen-bond acceptors (Lipinski definition) is 3. The van der Waals surface area contributed by atoms with Gasteiger partial charge in [-0.15, -0.1) is 0 Å². The van der Waals surface area contributed by atoms with E-state index >= 15 is 0 Å². The summed E-state index contributed by atoms with van der Waals surface area (Å²) in [5.41, 5.74) is 0.985. The lowest BCUT2D eigenvalue weighted by atomic mass is 10.1. The van der Waals surface area contributed by atoms with Gasteiger partial charge >= 0.3 is 0 Å². The van der Waals surface area contributed by atoms with Crippen molar-refractivity contribution >= 4 is 10.0 Å². The van der Waals surface area contributed by atoms with E-state index in [4.69, 9.17) is 0 Å². The molecule has 0 aliphatic rings. The summed E-state index contributed by atoms with van der Waals surface area (Å²) in [6, 6.07) is 7.26. The fourth-order valence-electron chi connectivity index (χ4n) is 1.85. The van der Waals surface area contributed by atoms with Crippen molar-refractivity contribution in [3.8, 4) is 0 Å². The molecule has 0 fully saturated rings. The molecular weight excluding hydrogens is 272 g/mol. The van der Waals surface area contributed by atoms with Crippen LogP contribution in [0.2, 0.25) is 0 Å². The molecule has 0 saturated heterocycles. The van der Waals surface area contributed by atoms with E-state index in [0.29, 0.717) is 17.4 Å². The third-order valence-corrected chi connectivity index (χ3v) is 4.92. The van der Waals surface area contributed by atoms with Crippen LogP contribution in [0.5, 0.6) is 0 Å². The van der Waals surface area contributed by atoms with Crippen molar-refractivity contribution in [1.82, 2.24) is 10.0 Å². The Balaban J connectivity index is 2.87. The molecule has 1 aromatic carbocycles. The second-order valence-electron chi connectivity index (χ2n) is 5.22. The van der Waals surface area contributed by atoms with Crippen LogP contribution in [-0.2, 0) is 10.0 Å². The van der Waals surface area contributed by atoms with Gasteiger partial charge in [0.1, 0.15) is 0 Å². The van der Waals surface area contributed by atoms with Gasteiger partial charge in [0.15, 0.2) is 0 Å².